The van der Waals surface area contributed by atoms with Crippen molar-refractivity contribution in [2.75, 3.05) is 0 Å². The van der Waals surface area contributed by atoms with Gasteiger partial charge in [-0.1, -0.05) is 46.2 Å². The third kappa shape index (κ3) is 2.63. The number of nitrogens with two attached hydrogens (primary N) is 1. The number of imidazole rings is 1. The van der Waals surface area contributed by atoms with Crippen LogP contribution in [0.15, 0.2) is 18.3 Å². The number of halogens is 1. The monoisotopic (exact) mass is 279 g/mol. The highest BCUT2D eigenvalue weighted by molar-refractivity contribution is 6.30. The molecule has 2 aromatic rings. The summed E-state index contributed by atoms with van der Waals surface area (Å²) in [5.74, 6) is 0.347. The van der Waals surface area contributed by atoms with Crippen molar-refractivity contribution in [3.8, 4) is 0 Å². The Morgan fingerprint density at radius 2 is 1.89 bits per heavy atom. The molecule has 0 saturated carbocycles. The molecule has 2 aromatic heterocycles. The molecule has 0 aliphatic heterocycles. The van der Waals surface area contributed by atoms with Gasteiger partial charge in [-0.15, -0.1) is 0 Å². The molecular formula is C15H22ClN3. The molecule has 1 atom stereocenters. The Balaban J connectivity index is 2.77. The fourth-order valence-electron chi connectivity index (χ4n) is 2.22. The highest BCUT2D eigenvalue weighted by Gasteiger charge is 2.28. The van der Waals surface area contributed by atoms with Crippen LogP contribution >= 0.6 is 11.6 Å². The van der Waals surface area contributed by atoms with E-state index < -0.39 is 0 Å². The summed E-state index contributed by atoms with van der Waals surface area (Å²) in [5, 5.41) is 0.697. The molecule has 0 bridgehead atoms. The molecule has 2 N–H and O–H groups in total. The van der Waals surface area contributed by atoms with Gasteiger partial charge >= 0.3 is 0 Å². The summed E-state index contributed by atoms with van der Waals surface area (Å²) in [5.41, 5.74) is 9.38. The second-order valence-corrected chi connectivity index (χ2v) is 6.88. The van der Waals surface area contributed by atoms with E-state index in [1.165, 1.54) is 0 Å². The van der Waals surface area contributed by atoms with Crippen LogP contribution in [0.25, 0.3) is 5.65 Å². The molecule has 0 aromatic carbocycles. The van der Waals surface area contributed by atoms with Crippen molar-refractivity contribution in [3.63, 3.8) is 0 Å². The normalized spacial score (nSPS) is 14.3. The van der Waals surface area contributed by atoms with Gasteiger partial charge in [0, 0.05) is 17.7 Å². The van der Waals surface area contributed by atoms with Gasteiger partial charge in [-0.05, 0) is 18.1 Å². The molecule has 2 heterocycles. The predicted molar refractivity (Wildman–Crippen MR) is 80.7 cm³/mol. The zero-order valence-corrected chi connectivity index (χ0v) is 13.0. The number of nitrogens with zero attached hydrogens (tertiary/aromatic N) is 2. The Hall–Kier alpha value is -1.06. The molecule has 1 unspecified atom stereocenters. The number of rotatable bonds is 2. The lowest BCUT2D eigenvalue weighted by Gasteiger charge is -2.23. The molecule has 104 valence electrons. The Morgan fingerprint density at radius 3 is 2.42 bits per heavy atom. The van der Waals surface area contributed by atoms with Crippen LogP contribution in [0, 0.1) is 5.92 Å². The van der Waals surface area contributed by atoms with E-state index in [1.54, 1.807) is 0 Å². The number of fused-ring (bicyclic) bond motifs is 1. The van der Waals surface area contributed by atoms with Crippen LogP contribution in [0.4, 0.5) is 0 Å². The number of hydrogen-bond donors (Lipinski definition) is 1. The van der Waals surface area contributed by atoms with Gasteiger partial charge in [0.1, 0.15) is 5.65 Å². The van der Waals surface area contributed by atoms with Gasteiger partial charge in [-0.25, -0.2) is 4.98 Å². The summed E-state index contributed by atoms with van der Waals surface area (Å²) >= 11 is 6.11. The third-order valence-corrected chi connectivity index (χ3v) is 3.59. The average Bonchev–Trinajstić information content (AvgIpc) is 2.65. The van der Waals surface area contributed by atoms with Gasteiger partial charge in [-0.2, -0.15) is 0 Å². The van der Waals surface area contributed by atoms with Crippen molar-refractivity contribution in [1.29, 1.82) is 0 Å². The maximum Gasteiger partial charge on any atom is 0.137 e. The Morgan fingerprint density at radius 1 is 1.26 bits per heavy atom. The van der Waals surface area contributed by atoms with Gasteiger partial charge in [0.05, 0.1) is 16.4 Å². The van der Waals surface area contributed by atoms with Crippen LogP contribution in [0.1, 0.15) is 52.0 Å². The minimum atomic E-state index is -0.0531. The van der Waals surface area contributed by atoms with E-state index in [-0.39, 0.29) is 11.5 Å². The van der Waals surface area contributed by atoms with Crippen molar-refractivity contribution in [1.82, 2.24) is 9.38 Å². The fourth-order valence-corrected chi connectivity index (χ4v) is 2.38. The van der Waals surface area contributed by atoms with Crippen LogP contribution in [0.3, 0.4) is 0 Å². The summed E-state index contributed by atoms with van der Waals surface area (Å²) in [7, 11) is 0. The fraction of sp³-hybridized carbons (Fsp3) is 0.533. The van der Waals surface area contributed by atoms with Crippen LogP contribution in [-0.2, 0) is 5.41 Å². The summed E-state index contributed by atoms with van der Waals surface area (Å²) in [6, 6.07) is 3.75. The van der Waals surface area contributed by atoms with E-state index in [9.17, 15) is 0 Å². The standard InChI is InChI=1S/C15H22ClN3/c1-9(2)12(17)13-14(15(3,4)5)18-11-7-6-10(16)8-19(11)13/h6-9,12H,17H2,1-5H3. The first-order valence-electron chi connectivity index (χ1n) is 6.65. The van der Waals surface area contributed by atoms with Crippen LogP contribution in [0.2, 0.25) is 5.02 Å². The third-order valence-electron chi connectivity index (χ3n) is 3.36. The molecular weight excluding hydrogens is 258 g/mol. The summed E-state index contributed by atoms with van der Waals surface area (Å²) in [4.78, 5) is 4.75. The lowest BCUT2D eigenvalue weighted by molar-refractivity contribution is 0.476. The minimum absolute atomic E-state index is 0.0413. The van der Waals surface area contributed by atoms with E-state index in [0.717, 1.165) is 17.0 Å². The minimum Gasteiger partial charge on any atom is -0.322 e. The van der Waals surface area contributed by atoms with E-state index in [4.69, 9.17) is 22.3 Å². The molecule has 0 spiro atoms. The van der Waals surface area contributed by atoms with Gasteiger partial charge in [0.15, 0.2) is 0 Å². The first-order valence-corrected chi connectivity index (χ1v) is 7.03. The second-order valence-electron chi connectivity index (χ2n) is 6.44. The number of hydrogen-bond acceptors (Lipinski definition) is 2. The van der Waals surface area contributed by atoms with Gasteiger partial charge in [-0.3, -0.25) is 0 Å². The van der Waals surface area contributed by atoms with Crippen molar-refractivity contribution in [2.24, 2.45) is 11.7 Å². The zero-order chi connectivity index (χ0) is 14.4. The molecule has 0 saturated heterocycles. The van der Waals surface area contributed by atoms with Gasteiger partial charge < -0.3 is 10.1 Å². The lowest BCUT2D eigenvalue weighted by Crippen LogP contribution is -2.24. The largest absolute Gasteiger partial charge is 0.322 e. The molecule has 0 amide bonds. The number of pyridine rings is 1. The molecule has 0 fully saturated rings. The van der Waals surface area contributed by atoms with E-state index >= 15 is 0 Å². The Bertz CT molecular complexity index is 593. The van der Waals surface area contributed by atoms with Crippen molar-refractivity contribution in [2.45, 2.75) is 46.1 Å². The maximum absolute atomic E-state index is 6.39. The predicted octanol–water partition coefficient (Wildman–Crippen LogP) is 3.94. The van der Waals surface area contributed by atoms with E-state index in [2.05, 4.69) is 34.6 Å². The highest BCUT2D eigenvalue weighted by atomic mass is 35.5. The molecule has 0 aliphatic carbocycles. The smallest absolute Gasteiger partial charge is 0.137 e. The van der Waals surface area contributed by atoms with Crippen molar-refractivity contribution in [3.05, 3.63) is 34.7 Å². The highest BCUT2D eigenvalue weighted by Crippen LogP contribution is 2.32. The first-order chi connectivity index (χ1) is 8.71. The van der Waals surface area contributed by atoms with Crippen LogP contribution in [-0.4, -0.2) is 9.38 Å². The molecule has 2 rings (SSSR count). The number of aromatic nitrogens is 2. The molecule has 4 heteroatoms. The summed E-state index contributed by atoms with van der Waals surface area (Å²) in [6.45, 7) is 10.7. The quantitative estimate of drug-likeness (QED) is 0.905. The van der Waals surface area contributed by atoms with Crippen LogP contribution in [0.5, 0.6) is 0 Å². The molecule has 3 nitrogen and oxygen atoms in total. The zero-order valence-electron chi connectivity index (χ0n) is 12.2. The SMILES string of the molecule is CC(C)C(N)c1c(C(C)(C)C)nc2ccc(Cl)cn12. The van der Waals surface area contributed by atoms with Crippen LogP contribution < -0.4 is 5.73 Å². The second kappa shape index (κ2) is 4.80. The topological polar surface area (TPSA) is 43.3 Å². The maximum atomic E-state index is 6.39. The van der Waals surface area contributed by atoms with Crippen molar-refractivity contribution < 1.29 is 0 Å². The van der Waals surface area contributed by atoms with E-state index in [0.29, 0.717) is 10.9 Å². The Kier molecular flexibility index (Phi) is 3.63. The van der Waals surface area contributed by atoms with E-state index in [1.807, 2.05) is 22.7 Å². The average molecular weight is 280 g/mol. The summed E-state index contributed by atoms with van der Waals surface area (Å²) in [6.07, 6.45) is 1.90. The van der Waals surface area contributed by atoms with Gasteiger partial charge in [0.2, 0.25) is 0 Å². The molecule has 0 radical (unpaired) electrons. The molecule has 19 heavy (non-hydrogen) atoms. The van der Waals surface area contributed by atoms with Gasteiger partial charge in [0.25, 0.3) is 0 Å². The Labute approximate surface area is 119 Å². The lowest BCUT2D eigenvalue weighted by atomic mass is 9.87. The summed E-state index contributed by atoms with van der Waals surface area (Å²) < 4.78 is 2.04. The van der Waals surface area contributed by atoms with Crippen molar-refractivity contribution >= 4 is 17.2 Å². The molecule has 0 aliphatic rings. The first kappa shape index (κ1) is 14.4.